The molecule has 6 nitrogen and oxygen atoms in total. The van der Waals surface area contributed by atoms with Crippen LogP contribution in [0.25, 0.3) is 5.57 Å². The van der Waals surface area contributed by atoms with Gasteiger partial charge in [0, 0.05) is 29.9 Å². The van der Waals surface area contributed by atoms with Crippen LogP contribution in [0.5, 0.6) is 0 Å². The van der Waals surface area contributed by atoms with E-state index in [1.807, 2.05) is 31.2 Å². The number of urea groups is 1. The predicted octanol–water partition coefficient (Wildman–Crippen LogP) is 7.15. The Kier molecular flexibility index (Phi) is 9.51. The second-order valence-corrected chi connectivity index (χ2v) is 9.98. The molecule has 1 saturated carbocycles. The Balaban J connectivity index is 2.03. The lowest BCUT2D eigenvalue weighted by molar-refractivity contribution is -0.134. The maximum atomic E-state index is 15.5. The number of anilines is 3. The molecule has 194 valence electrons. The van der Waals surface area contributed by atoms with Crippen LogP contribution in [-0.4, -0.2) is 31.7 Å². The third-order valence-electron chi connectivity index (χ3n) is 6.49. The van der Waals surface area contributed by atoms with E-state index in [9.17, 15) is 9.59 Å². The van der Waals surface area contributed by atoms with E-state index in [4.69, 9.17) is 4.74 Å². The van der Waals surface area contributed by atoms with E-state index >= 15 is 4.39 Å². The van der Waals surface area contributed by atoms with Gasteiger partial charge in [0.05, 0.1) is 18.5 Å². The smallest absolute Gasteiger partial charge is 0.330 e. The average Bonchev–Trinajstić information content (AvgIpc) is 2.85. The lowest BCUT2D eigenvalue weighted by Gasteiger charge is -2.38. The highest BCUT2D eigenvalue weighted by molar-refractivity contribution is 6.02. The van der Waals surface area contributed by atoms with E-state index in [0.717, 1.165) is 37.8 Å². The normalized spacial score (nSPS) is 14.5. The number of nitrogens with one attached hydrogen (secondary N) is 2. The first-order valence-corrected chi connectivity index (χ1v) is 12.7. The Labute approximate surface area is 213 Å². The first kappa shape index (κ1) is 27.2. The van der Waals surface area contributed by atoms with E-state index in [-0.39, 0.29) is 11.6 Å². The Morgan fingerprint density at radius 2 is 1.78 bits per heavy atom. The Morgan fingerprint density at radius 1 is 1.11 bits per heavy atom. The van der Waals surface area contributed by atoms with Crippen molar-refractivity contribution in [1.29, 1.82) is 0 Å². The molecule has 36 heavy (non-hydrogen) atoms. The van der Waals surface area contributed by atoms with Crippen LogP contribution in [-0.2, 0) is 9.53 Å². The molecule has 2 N–H and O–H groups in total. The van der Waals surface area contributed by atoms with Gasteiger partial charge in [-0.1, -0.05) is 50.8 Å². The largest absolute Gasteiger partial charge is 0.466 e. The quantitative estimate of drug-likeness (QED) is 0.301. The molecule has 0 aromatic heterocycles. The second kappa shape index (κ2) is 12.6. The van der Waals surface area contributed by atoms with Crippen LogP contribution in [0.4, 0.5) is 26.2 Å². The Morgan fingerprint density at radius 3 is 2.39 bits per heavy atom. The molecular formula is C29H38FN3O3. The monoisotopic (exact) mass is 495 g/mol. The van der Waals surface area contributed by atoms with Crippen molar-refractivity contribution in [1.82, 2.24) is 0 Å². The molecule has 7 heteroatoms. The van der Waals surface area contributed by atoms with Gasteiger partial charge < -0.3 is 20.3 Å². The molecule has 0 radical (unpaired) electrons. The van der Waals surface area contributed by atoms with E-state index in [0.29, 0.717) is 28.6 Å². The number of carbonyl (C=O) groups excluding carboxylic acids is 2. The maximum absolute atomic E-state index is 15.5. The first-order valence-electron chi connectivity index (χ1n) is 12.7. The lowest BCUT2D eigenvalue weighted by atomic mass is 9.92. The summed E-state index contributed by atoms with van der Waals surface area (Å²) < 4.78 is 20.2. The summed E-state index contributed by atoms with van der Waals surface area (Å²) >= 11 is 0. The highest BCUT2D eigenvalue weighted by Crippen LogP contribution is 2.37. The van der Waals surface area contributed by atoms with Crippen molar-refractivity contribution in [2.45, 2.75) is 65.8 Å². The van der Waals surface area contributed by atoms with Gasteiger partial charge in [-0.2, -0.15) is 0 Å². The minimum atomic E-state index is -0.564. The predicted molar refractivity (Wildman–Crippen MR) is 145 cm³/mol. The van der Waals surface area contributed by atoms with Crippen LogP contribution < -0.4 is 15.5 Å². The summed E-state index contributed by atoms with van der Waals surface area (Å²) in [5.41, 5.74) is 3.57. The average molecular weight is 496 g/mol. The van der Waals surface area contributed by atoms with Gasteiger partial charge in [-0.25, -0.2) is 14.0 Å². The highest BCUT2D eigenvalue weighted by atomic mass is 19.1. The molecule has 2 aromatic carbocycles. The number of nitrogens with zero attached hydrogens (tertiary/aromatic N) is 1. The van der Waals surface area contributed by atoms with E-state index in [1.54, 1.807) is 13.0 Å². The fourth-order valence-corrected chi connectivity index (χ4v) is 4.67. The molecule has 3 rings (SSSR count). The van der Waals surface area contributed by atoms with E-state index < -0.39 is 17.8 Å². The summed E-state index contributed by atoms with van der Waals surface area (Å²) in [5, 5.41) is 5.81. The molecule has 0 heterocycles. The van der Waals surface area contributed by atoms with Gasteiger partial charge in [-0.15, -0.1) is 0 Å². The van der Waals surface area contributed by atoms with Gasteiger partial charge in [-0.05, 0) is 62.4 Å². The number of hydrogen-bond donors (Lipinski definition) is 2. The maximum Gasteiger partial charge on any atom is 0.330 e. The summed E-state index contributed by atoms with van der Waals surface area (Å²) in [7, 11) is 1.28. The number of benzene rings is 2. The zero-order valence-electron chi connectivity index (χ0n) is 22.0. The number of allylic oxidation sites excluding steroid dienone is 1. The van der Waals surface area contributed by atoms with Crippen LogP contribution >= 0.6 is 0 Å². The molecular weight excluding hydrogens is 457 g/mol. The van der Waals surface area contributed by atoms with Gasteiger partial charge in [-0.3, -0.25) is 0 Å². The summed E-state index contributed by atoms with van der Waals surface area (Å²) in [4.78, 5) is 27.0. The molecule has 0 aliphatic heterocycles. The van der Waals surface area contributed by atoms with Gasteiger partial charge in [0.1, 0.15) is 5.82 Å². The summed E-state index contributed by atoms with van der Waals surface area (Å²) in [5.74, 6) is -0.659. The van der Waals surface area contributed by atoms with Crippen LogP contribution in [0.3, 0.4) is 0 Å². The van der Waals surface area contributed by atoms with Crippen molar-refractivity contribution < 1.29 is 18.7 Å². The van der Waals surface area contributed by atoms with Crippen molar-refractivity contribution in [2.24, 2.45) is 5.92 Å². The minimum absolute atomic E-state index is 0.239. The molecule has 2 aromatic rings. The van der Waals surface area contributed by atoms with Crippen LogP contribution in [0.1, 0.15) is 64.0 Å². The van der Waals surface area contributed by atoms with Crippen molar-refractivity contribution in [3.63, 3.8) is 0 Å². The standard InChI is InChI=1S/C29H38FN3O3/c1-19(2)18-33(23-9-7-6-8-10-23)27-17-25(30)24(21(4)15-28(34)36-5)16-26(27)32-29(35)31-22-13-11-20(3)12-14-22/h11-17,19,23H,6-10,18H2,1-5H3,(H2,31,32,35)/b21-15-. The SMILES string of the molecule is COC(=O)/C=C(/C)c1cc(NC(=O)Nc2ccc(C)cc2)c(N(CC(C)C)C2CCCCC2)cc1F. The third kappa shape index (κ3) is 7.33. The minimum Gasteiger partial charge on any atom is -0.466 e. The molecule has 0 unspecified atom stereocenters. The van der Waals surface area contributed by atoms with Crippen LogP contribution in [0, 0.1) is 18.7 Å². The second-order valence-electron chi connectivity index (χ2n) is 9.98. The van der Waals surface area contributed by atoms with Crippen molar-refractivity contribution >= 4 is 34.6 Å². The number of aryl methyl sites for hydroxylation is 1. The number of amides is 2. The Hall–Kier alpha value is -3.35. The molecule has 0 saturated heterocycles. The molecule has 1 aliphatic rings. The van der Waals surface area contributed by atoms with Gasteiger partial charge in [0.15, 0.2) is 0 Å². The summed E-state index contributed by atoms with van der Waals surface area (Å²) in [6.07, 6.45) is 6.80. The Bertz CT molecular complexity index is 1090. The van der Waals surface area contributed by atoms with E-state index in [1.165, 1.54) is 25.7 Å². The van der Waals surface area contributed by atoms with Crippen molar-refractivity contribution in [3.8, 4) is 0 Å². The number of rotatable bonds is 8. The van der Waals surface area contributed by atoms with Gasteiger partial charge in [0.25, 0.3) is 0 Å². The number of halogens is 1. The fraction of sp³-hybridized carbons (Fsp3) is 0.448. The molecule has 2 amide bonds. The topological polar surface area (TPSA) is 70.7 Å². The molecule has 1 aliphatic carbocycles. The van der Waals surface area contributed by atoms with Crippen LogP contribution in [0.15, 0.2) is 42.5 Å². The number of methoxy groups -OCH3 is 1. The third-order valence-corrected chi connectivity index (χ3v) is 6.49. The summed E-state index contributed by atoms with van der Waals surface area (Å²) in [6, 6.07) is 10.5. The van der Waals surface area contributed by atoms with Crippen LogP contribution in [0.2, 0.25) is 0 Å². The molecule has 0 spiro atoms. The fourth-order valence-electron chi connectivity index (χ4n) is 4.67. The first-order chi connectivity index (χ1) is 17.2. The number of carbonyl (C=O) groups is 2. The summed E-state index contributed by atoms with van der Waals surface area (Å²) in [6.45, 7) is 8.66. The number of hydrogen-bond acceptors (Lipinski definition) is 4. The van der Waals surface area contributed by atoms with Gasteiger partial charge >= 0.3 is 12.0 Å². The van der Waals surface area contributed by atoms with E-state index in [2.05, 4.69) is 29.4 Å². The molecule has 1 fully saturated rings. The lowest BCUT2D eigenvalue weighted by Crippen LogP contribution is -2.40. The van der Waals surface area contributed by atoms with Gasteiger partial charge in [0.2, 0.25) is 0 Å². The number of ether oxygens (including phenoxy) is 1. The van der Waals surface area contributed by atoms with Crippen molar-refractivity contribution in [3.05, 3.63) is 59.4 Å². The highest BCUT2D eigenvalue weighted by Gasteiger charge is 2.26. The zero-order chi connectivity index (χ0) is 26.2. The van der Waals surface area contributed by atoms with Crippen molar-refractivity contribution in [2.75, 3.05) is 29.2 Å². The number of esters is 1. The molecule has 0 atom stereocenters. The zero-order valence-corrected chi connectivity index (χ0v) is 22.0. The molecule has 0 bridgehead atoms.